The van der Waals surface area contributed by atoms with Crippen LogP contribution in [0.15, 0.2) is 0 Å². The second kappa shape index (κ2) is 4.63. The van der Waals surface area contributed by atoms with E-state index < -0.39 is 0 Å². The zero-order chi connectivity index (χ0) is 9.97. The maximum Gasteiger partial charge on any atom is 0.0113 e. The molecule has 2 fully saturated rings. The fourth-order valence-electron chi connectivity index (χ4n) is 3.07. The van der Waals surface area contributed by atoms with Crippen molar-refractivity contribution >= 4 is 0 Å². The Balaban J connectivity index is 1.94. The Morgan fingerprint density at radius 3 is 2.71 bits per heavy atom. The lowest BCUT2D eigenvalue weighted by atomic mass is 9.85. The van der Waals surface area contributed by atoms with Crippen molar-refractivity contribution in [2.75, 3.05) is 19.6 Å². The van der Waals surface area contributed by atoms with Gasteiger partial charge in [-0.15, -0.1) is 0 Å². The lowest BCUT2D eigenvalue weighted by Crippen LogP contribution is -2.39. The molecule has 0 radical (unpaired) electrons. The smallest absolute Gasteiger partial charge is 0.0113 e. The Morgan fingerprint density at radius 1 is 1.14 bits per heavy atom. The molecular weight excluding hydrogens is 172 g/mol. The highest BCUT2D eigenvalue weighted by atomic mass is 15.0. The third-order valence-electron chi connectivity index (χ3n) is 4.03. The van der Waals surface area contributed by atoms with E-state index in [4.69, 9.17) is 0 Å². The van der Waals surface area contributed by atoms with Gasteiger partial charge in [0.15, 0.2) is 0 Å². The predicted molar refractivity (Wildman–Crippen MR) is 60.3 cm³/mol. The van der Waals surface area contributed by atoms with Crippen LogP contribution in [-0.4, -0.2) is 25.7 Å². The summed E-state index contributed by atoms with van der Waals surface area (Å²) < 4.78 is 0. The van der Waals surface area contributed by atoms with E-state index in [1.165, 1.54) is 38.9 Å². The topological polar surface area (TPSA) is 24.1 Å². The van der Waals surface area contributed by atoms with Gasteiger partial charge in [0.25, 0.3) is 0 Å². The summed E-state index contributed by atoms with van der Waals surface area (Å²) in [4.78, 5) is 0. The third kappa shape index (κ3) is 2.29. The number of hydrogen-bond donors (Lipinski definition) is 2. The quantitative estimate of drug-likeness (QED) is 0.666. The van der Waals surface area contributed by atoms with E-state index in [-0.39, 0.29) is 0 Å². The average Bonchev–Trinajstić information content (AvgIpc) is 2.45. The van der Waals surface area contributed by atoms with E-state index in [9.17, 15) is 0 Å². The highest BCUT2D eigenvalue weighted by molar-refractivity contribution is 4.89. The second-order valence-electron chi connectivity index (χ2n) is 5.34. The molecule has 4 atom stereocenters. The summed E-state index contributed by atoms with van der Waals surface area (Å²) in [7, 11) is 0. The van der Waals surface area contributed by atoms with Crippen molar-refractivity contribution in [1.29, 1.82) is 0 Å². The molecule has 2 N–H and O–H groups in total. The predicted octanol–water partition coefficient (Wildman–Crippen LogP) is 1.62. The molecule has 2 aliphatic heterocycles. The lowest BCUT2D eigenvalue weighted by Gasteiger charge is -2.27. The van der Waals surface area contributed by atoms with Gasteiger partial charge in [-0.05, 0) is 56.7 Å². The fourth-order valence-corrected chi connectivity index (χ4v) is 3.07. The molecule has 0 aromatic rings. The van der Waals surface area contributed by atoms with Gasteiger partial charge in [-0.1, -0.05) is 13.8 Å². The third-order valence-corrected chi connectivity index (χ3v) is 4.03. The molecule has 0 aromatic carbocycles. The van der Waals surface area contributed by atoms with E-state index >= 15 is 0 Å². The Bertz CT molecular complexity index is 181. The Labute approximate surface area is 87.8 Å². The van der Waals surface area contributed by atoms with E-state index in [1.54, 1.807) is 0 Å². The van der Waals surface area contributed by atoms with Gasteiger partial charge in [-0.25, -0.2) is 0 Å². The summed E-state index contributed by atoms with van der Waals surface area (Å²) in [5.41, 5.74) is 0. The van der Waals surface area contributed by atoms with Gasteiger partial charge in [-0.3, -0.25) is 0 Å². The molecule has 2 aliphatic rings. The van der Waals surface area contributed by atoms with Crippen LogP contribution >= 0.6 is 0 Å². The summed E-state index contributed by atoms with van der Waals surface area (Å²) in [6.07, 6.45) is 4.17. The van der Waals surface area contributed by atoms with Gasteiger partial charge < -0.3 is 10.6 Å². The van der Waals surface area contributed by atoms with Crippen LogP contribution in [0.25, 0.3) is 0 Å². The van der Waals surface area contributed by atoms with Gasteiger partial charge in [0.1, 0.15) is 0 Å². The van der Waals surface area contributed by atoms with Crippen molar-refractivity contribution in [3.05, 3.63) is 0 Å². The van der Waals surface area contributed by atoms with Crippen LogP contribution < -0.4 is 10.6 Å². The standard InChI is InChI=1S/C12H24N2/c1-9-4-3-5-14-12(6-9)11-8-13-7-10(11)2/h9-14H,3-8H2,1-2H3/t9-,10+,11?,12?/m0/s1. The summed E-state index contributed by atoms with van der Waals surface area (Å²) >= 11 is 0. The molecule has 0 aliphatic carbocycles. The molecule has 2 nitrogen and oxygen atoms in total. The van der Waals surface area contributed by atoms with Crippen LogP contribution in [0.3, 0.4) is 0 Å². The molecule has 2 saturated heterocycles. The van der Waals surface area contributed by atoms with Crippen molar-refractivity contribution < 1.29 is 0 Å². The van der Waals surface area contributed by atoms with Gasteiger partial charge in [0.05, 0.1) is 0 Å². The molecule has 2 heteroatoms. The zero-order valence-electron chi connectivity index (χ0n) is 9.55. The van der Waals surface area contributed by atoms with E-state index in [1.807, 2.05) is 0 Å². The minimum Gasteiger partial charge on any atom is -0.316 e. The molecule has 2 rings (SSSR count). The fraction of sp³-hybridized carbons (Fsp3) is 1.00. The zero-order valence-corrected chi connectivity index (χ0v) is 9.55. The summed E-state index contributed by atoms with van der Waals surface area (Å²) in [6.45, 7) is 8.48. The normalized spacial score (nSPS) is 45.0. The molecule has 14 heavy (non-hydrogen) atoms. The minimum atomic E-state index is 0.775. The first-order valence-corrected chi connectivity index (χ1v) is 6.21. The van der Waals surface area contributed by atoms with E-state index in [2.05, 4.69) is 24.5 Å². The Kier molecular flexibility index (Phi) is 3.45. The van der Waals surface area contributed by atoms with Gasteiger partial charge in [-0.2, -0.15) is 0 Å². The molecule has 0 aromatic heterocycles. The maximum atomic E-state index is 3.74. The minimum absolute atomic E-state index is 0.775. The van der Waals surface area contributed by atoms with Crippen LogP contribution in [0.5, 0.6) is 0 Å². The second-order valence-corrected chi connectivity index (χ2v) is 5.34. The average molecular weight is 196 g/mol. The van der Waals surface area contributed by atoms with Crippen LogP contribution in [-0.2, 0) is 0 Å². The SMILES string of the molecule is C[C@H]1CCCNC(C2CNC[C@H]2C)C1. The summed E-state index contributed by atoms with van der Waals surface area (Å²) in [5.74, 6) is 2.65. The van der Waals surface area contributed by atoms with Crippen molar-refractivity contribution in [3.8, 4) is 0 Å². The first-order valence-electron chi connectivity index (χ1n) is 6.21. The molecular formula is C12H24N2. The first-order chi connectivity index (χ1) is 6.77. The summed E-state index contributed by atoms with van der Waals surface area (Å²) in [6, 6.07) is 0.775. The largest absolute Gasteiger partial charge is 0.316 e. The molecule has 82 valence electrons. The van der Waals surface area contributed by atoms with Crippen molar-refractivity contribution in [1.82, 2.24) is 10.6 Å². The number of hydrogen-bond acceptors (Lipinski definition) is 2. The van der Waals surface area contributed by atoms with E-state index in [0.717, 1.165) is 23.8 Å². The highest BCUT2D eigenvalue weighted by Crippen LogP contribution is 2.27. The van der Waals surface area contributed by atoms with Crippen molar-refractivity contribution in [2.24, 2.45) is 17.8 Å². The Hall–Kier alpha value is -0.0800. The van der Waals surface area contributed by atoms with Crippen LogP contribution in [0.1, 0.15) is 33.1 Å². The van der Waals surface area contributed by atoms with Gasteiger partial charge in [0, 0.05) is 6.04 Å². The van der Waals surface area contributed by atoms with Gasteiger partial charge >= 0.3 is 0 Å². The van der Waals surface area contributed by atoms with Crippen LogP contribution in [0.4, 0.5) is 0 Å². The monoisotopic (exact) mass is 196 g/mol. The van der Waals surface area contributed by atoms with E-state index in [0.29, 0.717) is 0 Å². The number of rotatable bonds is 1. The molecule has 0 spiro atoms. The molecule has 0 amide bonds. The molecule has 0 saturated carbocycles. The maximum absolute atomic E-state index is 3.74. The molecule has 2 heterocycles. The molecule has 2 unspecified atom stereocenters. The van der Waals surface area contributed by atoms with Gasteiger partial charge in [0.2, 0.25) is 0 Å². The highest BCUT2D eigenvalue weighted by Gasteiger charge is 2.32. The lowest BCUT2D eigenvalue weighted by molar-refractivity contribution is 0.291. The molecule has 0 bridgehead atoms. The van der Waals surface area contributed by atoms with Crippen LogP contribution in [0, 0.1) is 17.8 Å². The first kappa shape index (κ1) is 10.4. The Morgan fingerprint density at radius 2 is 2.00 bits per heavy atom. The van der Waals surface area contributed by atoms with Crippen molar-refractivity contribution in [3.63, 3.8) is 0 Å². The van der Waals surface area contributed by atoms with Crippen LogP contribution in [0.2, 0.25) is 0 Å². The number of nitrogens with one attached hydrogen (secondary N) is 2. The summed E-state index contributed by atoms with van der Waals surface area (Å²) in [5, 5.41) is 7.26. The van der Waals surface area contributed by atoms with Crippen molar-refractivity contribution in [2.45, 2.75) is 39.2 Å².